The lowest BCUT2D eigenvalue weighted by Gasteiger charge is -2.14. The van der Waals surface area contributed by atoms with Crippen LogP contribution < -0.4 is 0 Å². The number of rotatable bonds is 2. The molecule has 4 aromatic rings. The van der Waals surface area contributed by atoms with Crippen LogP contribution in [-0.2, 0) is 0 Å². The van der Waals surface area contributed by atoms with E-state index in [1.807, 2.05) is 38.1 Å². The average Bonchev–Trinajstić information content (AvgIpc) is 2.65. The first-order valence-electron chi connectivity index (χ1n) is 8.66. The molecule has 0 atom stereocenters. The Morgan fingerprint density at radius 3 is 1.46 bits per heavy atom. The molecule has 26 heavy (non-hydrogen) atoms. The van der Waals surface area contributed by atoms with Gasteiger partial charge in [-0.15, -0.1) is 0 Å². The molecule has 0 bridgehead atoms. The summed E-state index contributed by atoms with van der Waals surface area (Å²) in [6, 6.07) is 24.0. The van der Waals surface area contributed by atoms with Gasteiger partial charge in [0.2, 0.25) is 0 Å². The number of aromatic hydroxyl groups is 2. The minimum atomic E-state index is 0.309. The molecule has 2 N–H and O–H groups in total. The highest BCUT2D eigenvalue weighted by molar-refractivity contribution is 6.06. The normalized spacial score (nSPS) is 11.0. The second kappa shape index (κ2) is 6.23. The molecule has 0 saturated heterocycles. The maximum Gasteiger partial charge on any atom is 0.118 e. The summed E-state index contributed by atoms with van der Waals surface area (Å²) in [4.78, 5) is 0. The van der Waals surface area contributed by atoms with Gasteiger partial charge in [0.1, 0.15) is 11.5 Å². The summed E-state index contributed by atoms with van der Waals surface area (Å²) < 4.78 is 0. The minimum Gasteiger partial charge on any atom is -0.508 e. The summed E-state index contributed by atoms with van der Waals surface area (Å²) in [6.07, 6.45) is 0. The number of hydrogen-bond acceptors (Lipinski definition) is 2. The van der Waals surface area contributed by atoms with Gasteiger partial charge < -0.3 is 10.2 Å². The van der Waals surface area contributed by atoms with Crippen molar-refractivity contribution in [1.29, 1.82) is 0 Å². The molecule has 128 valence electrons. The van der Waals surface area contributed by atoms with E-state index in [0.29, 0.717) is 11.5 Å². The molecule has 0 spiro atoms. The SMILES string of the molecule is Cc1cc(-c2cccc3cccc(-c4ccc(O)c(C)c4)c23)ccc1O. The first-order chi connectivity index (χ1) is 12.5. The molecule has 2 heteroatoms. The Morgan fingerprint density at radius 2 is 1.04 bits per heavy atom. The molecule has 4 aromatic carbocycles. The maximum absolute atomic E-state index is 9.87. The fourth-order valence-corrected chi connectivity index (χ4v) is 3.47. The number of fused-ring (bicyclic) bond motifs is 1. The summed E-state index contributed by atoms with van der Waals surface area (Å²) >= 11 is 0. The van der Waals surface area contributed by atoms with Crippen molar-refractivity contribution in [1.82, 2.24) is 0 Å². The van der Waals surface area contributed by atoms with Gasteiger partial charge >= 0.3 is 0 Å². The van der Waals surface area contributed by atoms with Crippen LogP contribution in [0.5, 0.6) is 11.5 Å². The Bertz CT molecular complexity index is 1040. The van der Waals surface area contributed by atoms with E-state index in [4.69, 9.17) is 0 Å². The Labute approximate surface area is 153 Å². The van der Waals surface area contributed by atoms with E-state index in [2.05, 4.69) is 36.4 Å². The van der Waals surface area contributed by atoms with Gasteiger partial charge in [0, 0.05) is 0 Å². The summed E-state index contributed by atoms with van der Waals surface area (Å²) in [5, 5.41) is 22.1. The quantitative estimate of drug-likeness (QED) is 0.456. The van der Waals surface area contributed by atoms with Crippen LogP contribution in [0.2, 0.25) is 0 Å². The number of phenols is 2. The Balaban J connectivity index is 2.03. The van der Waals surface area contributed by atoms with Gasteiger partial charge in [-0.2, -0.15) is 0 Å². The van der Waals surface area contributed by atoms with Crippen molar-refractivity contribution in [3.63, 3.8) is 0 Å². The molecule has 0 radical (unpaired) electrons. The Morgan fingerprint density at radius 1 is 0.577 bits per heavy atom. The second-order valence-electron chi connectivity index (χ2n) is 6.71. The molecule has 0 aliphatic rings. The highest BCUT2D eigenvalue weighted by atomic mass is 16.3. The predicted octanol–water partition coefficient (Wildman–Crippen LogP) is 6.20. The third-order valence-electron chi connectivity index (χ3n) is 4.92. The number of benzene rings is 4. The summed E-state index contributed by atoms with van der Waals surface area (Å²) in [6.45, 7) is 3.82. The van der Waals surface area contributed by atoms with Crippen molar-refractivity contribution in [2.24, 2.45) is 0 Å². The van der Waals surface area contributed by atoms with Crippen LogP contribution in [0.1, 0.15) is 11.1 Å². The first kappa shape index (κ1) is 16.2. The van der Waals surface area contributed by atoms with Crippen LogP contribution in [0, 0.1) is 13.8 Å². The van der Waals surface area contributed by atoms with Crippen LogP contribution in [0.15, 0.2) is 72.8 Å². The summed E-state index contributed by atoms with van der Waals surface area (Å²) in [5.74, 6) is 0.617. The third kappa shape index (κ3) is 2.70. The molecule has 0 heterocycles. The highest BCUT2D eigenvalue weighted by Gasteiger charge is 2.11. The zero-order chi connectivity index (χ0) is 18.3. The van der Waals surface area contributed by atoms with E-state index >= 15 is 0 Å². The molecule has 0 fully saturated rings. The lowest BCUT2D eigenvalue weighted by molar-refractivity contribution is 0.471. The van der Waals surface area contributed by atoms with Crippen molar-refractivity contribution in [3.8, 4) is 33.8 Å². The number of phenolic OH excluding ortho intramolecular Hbond substituents is 2. The van der Waals surface area contributed by atoms with Crippen molar-refractivity contribution >= 4 is 10.8 Å². The van der Waals surface area contributed by atoms with Gasteiger partial charge in [0.15, 0.2) is 0 Å². The third-order valence-corrected chi connectivity index (χ3v) is 4.92. The van der Waals surface area contributed by atoms with Gasteiger partial charge in [-0.25, -0.2) is 0 Å². The zero-order valence-electron chi connectivity index (χ0n) is 14.8. The molecular weight excluding hydrogens is 320 g/mol. The average molecular weight is 340 g/mol. The Kier molecular flexibility index (Phi) is 3.89. The lowest BCUT2D eigenvalue weighted by Crippen LogP contribution is -1.88. The maximum atomic E-state index is 9.87. The number of hydrogen-bond donors (Lipinski definition) is 2. The van der Waals surface area contributed by atoms with Crippen LogP contribution in [0.3, 0.4) is 0 Å². The van der Waals surface area contributed by atoms with Gasteiger partial charge in [0.25, 0.3) is 0 Å². The summed E-state index contributed by atoms with van der Waals surface area (Å²) in [7, 11) is 0. The largest absolute Gasteiger partial charge is 0.508 e. The van der Waals surface area contributed by atoms with Gasteiger partial charge in [-0.1, -0.05) is 48.5 Å². The molecule has 4 rings (SSSR count). The molecule has 0 aliphatic heterocycles. The van der Waals surface area contributed by atoms with Crippen molar-refractivity contribution in [3.05, 3.63) is 83.9 Å². The van der Waals surface area contributed by atoms with Crippen LogP contribution in [-0.4, -0.2) is 10.2 Å². The van der Waals surface area contributed by atoms with E-state index in [9.17, 15) is 10.2 Å². The molecule has 0 amide bonds. The zero-order valence-corrected chi connectivity index (χ0v) is 14.8. The molecule has 0 aliphatic carbocycles. The standard InChI is InChI=1S/C24H20O2/c1-15-13-18(9-11-22(15)25)20-7-3-5-17-6-4-8-21(24(17)20)19-10-12-23(26)16(2)14-19/h3-14,25-26H,1-2H3. The van der Waals surface area contributed by atoms with E-state index < -0.39 is 0 Å². The molecule has 2 nitrogen and oxygen atoms in total. The van der Waals surface area contributed by atoms with Crippen molar-refractivity contribution < 1.29 is 10.2 Å². The monoisotopic (exact) mass is 340 g/mol. The van der Waals surface area contributed by atoms with Crippen molar-refractivity contribution in [2.75, 3.05) is 0 Å². The van der Waals surface area contributed by atoms with Gasteiger partial charge in [-0.05, 0) is 82.3 Å². The smallest absolute Gasteiger partial charge is 0.118 e. The van der Waals surface area contributed by atoms with Crippen LogP contribution >= 0.6 is 0 Å². The molecular formula is C24H20O2. The molecule has 0 unspecified atom stereocenters. The minimum absolute atomic E-state index is 0.309. The fourth-order valence-electron chi connectivity index (χ4n) is 3.47. The van der Waals surface area contributed by atoms with E-state index in [-0.39, 0.29) is 0 Å². The highest BCUT2D eigenvalue weighted by Crippen LogP contribution is 2.38. The fraction of sp³-hybridized carbons (Fsp3) is 0.0833. The van der Waals surface area contributed by atoms with Crippen molar-refractivity contribution in [2.45, 2.75) is 13.8 Å². The second-order valence-corrected chi connectivity index (χ2v) is 6.71. The molecule has 0 aromatic heterocycles. The van der Waals surface area contributed by atoms with Gasteiger partial charge in [0.05, 0.1) is 0 Å². The van der Waals surface area contributed by atoms with Crippen LogP contribution in [0.25, 0.3) is 33.0 Å². The van der Waals surface area contributed by atoms with Gasteiger partial charge in [-0.3, -0.25) is 0 Å². The van der Waals surface area contributed by atoms with E-state index in [1.54, 1.807) is 12.1 Å². The van der Waals surface area contributed by atoms with E-state index in [1.165, 1.54) is 5.39 Å². The predicted molar refractivity (Wildman–Crippen MR) is 108 cm³/mol. The Hall–Kier alpha value is -3.26. The number of aryl methyl sites for hydroxylation is 2. The van der Waals surface area contributed by atoms with Crippen LogP contribution in [0.4, 0.5) is 0 Å². The first-order valence-corrected chi connectivity index (χ1v) is 8.66. The topological polar surface area (TPSA) is 40.5 Å². The lowest BCUT2D eigenvalue weighted by atomic mass is 9.90. The summed E-state index contributed by atoms with van der Waals surface area (Å²) in [5.41, 5.74) is 6.14. The molecule has 0 saturated carbocycles. The van der Waals surface area contributed by atoms with E-state index in [0.717, 1.165) is 38.8 Å².